The monoisotopic (exact) mass is 275 g/mol. The van der Waals surface area contributed by atoms with Gasteiger partial charge in [0.1, 0.15) is 5.76 Å². The lowest BCUT2D eigenvalue weighted by atomic mass is 10.1. The van der Waals surface area contributed by atoms with Gasteiger partial charge in [-0.1, -0.05) is 6.07 Å². The van der Waals surface area contributed by atoms with Crippen LogP contribution < -0.4 is 14.8 Å². The lowest BCUT2D eigenvalue weighted by molar-refractivity contribution is 0.167. The zero-order valence-electron chi connectivity index (χ0n) is 11.2. The van der Waals surface area contributed by atoms with E-state index in [2.05, 4.69) is 5.32 Å². The predicted octanol–water partition coefficient (Wildman–Crippen LogP) is 2.39. The van der Waals surface area contributed by atoms with Crippen LogP contribution >= 0.6 is 0 Å². The van der Waals surface area contributed by atoms with Crippen molar-refractivity contribution in [1.29, 1.82) is 0 Å². The second-order valence-electron chi connectivity index (χ2n) is 4.77. The third kappa shape index (κ3) is 2.64. The van der Waals surface area contributed by atoms with Crippen molar-refractivity contribution < 1.29 is 19.0 Å². The summed E-state index contributed by atoms with van der Waals surface area (Å²) in [4.78, 5) is 0. The van der Waals surface area contributed by atoms with Gasteiger partial charge in [-0.3, -0.25) is 0 Å². The lowest BCUT2D eigenvalue weighted by Gasteiger charge is -2.16. The Labute approximate surface area is 117 Å². The van der Waals surface area contributed by atoms with E-state index in [0.717, 1.165) is 17.1 Å². The average Bonchev–Trinajstić information content (AvgIpc) is 3.13. The Morgan fingerprint density at radius 2 is 2.10 bits per heavy atom. The van der Waals surface area contributed by atoms with Crippen LogP contribution in [0, 0.1) is 0 Å². The number of aliphatic hydroxyl groups excluding tert-OH is 1. The SMILES string of the molecule is C[C@H](NCC(O)c1ccc2c(c1)OCO2)c1ccco1. The van der Waals surface area contributed by atoms with Gasteiger partial charge >= 0.3 is 0 Å². The zero-order chi connectivity index (χ0) is 13.9. The predicted molar refractivity (Wildman–Crippen MR) is 72.7 cm³/mol. The molecular formula is C15H17NO4. The van der Waals surface area contributed by atoms with Gasteiger partial charge in [0.25, 0.3) is 0 Å². The van der Waals surface area contributed by atoms with Gasteiger partial charge in [-0.2, -0.15) is 0 Å². The maximum atomic E-state index is 10.2. The van der Waals surface area contributed by atoms with Crippen LogP contribution in [-0.2, 0) is 0 Å². The van der Waals surface area contributed by atoms with Crippen LogP contribution in [0.4, 0.5) is 0 Å². The highest BCUT2D eigenvalue weighted by Gasteiger charge is 2.17. The molecule has 0 radical (unpaired) electrons. The number of furan rings is 1. The van der Waals surface area contributed by atoms with Crippen molar-refractivity contribution in [3.05, 3.63) is 47.9 Å². The Hall–Kier alpha value is -1.98. The number of hydrogen-bond acceptors (Lipinski definition) is 5. The number of ether oxygens (including phenoxy) is 2. The minimum absolute atomic E-state index is 0.0497. The van der Waals surface area contributed by atoms with Crippen molar-refractivity contribution in [2.45, 2.75) is 19.1 Å². The molecule has 2 heterocycles. The molecule has 2 aromatic rings. The van der Waals surface area contributed by atoms with E-state index in [9.17, 15) is 5.11 Å². The Morgan fingerprint density at radius 1 is 1.25 bits per heavy atom. The molecule has 0 fully saturated rings. The molecule has 2 atom stereocenters. The first kappa shape index (κ1) is 13.0. The van der Waals surface area contributed by atoms with Crippen molar-refractivity contribution >= 4 is 0 Å². The summed E-state index contributed by atoms with van der Waals surface area (Å²) in [7, 11) is 0. The fourth-order valence-electron chi connectivity index (χ4n) is 2.16. The number of benzene rings is 1. The number of rotatable bonds is 5. The molecule has 1 aliphatic rings. The van der Waals surface area contributed by atoms with Gasteiger partial charge in [0, 0.05) is 6.54 Å². The maximum Gasteiger partial charge on any atom is 0.231 e. The highest BCUT2D eigenvalue weighted by Crippen LogP contribution is 2.34. The molecule has 1 aromatic heterocycles. The molecule has 0 saturated heterocycles. The van der Waals surface area contributed by atoms with Crippen LogP contribution in [0.3, 0.4) is 0 Å². The molecule has 1 unspecified atom stereocenters. The maximum absolute atomic E-state index is 10.2. The largest absolute Gasteiger partial charge is 0.468 e. The average molecular weight is 275 g/mol. The molecule has 0 bridgehead atoms. The van der Waals surface area contributed by atoms with Gasteiger partial charge in [-0.25, -0.2) is 0 Å². The molecular weight excluding hydrogens is 258 g/mol. The van der Waals surface area contributed by atoms with Crippen LogP contribution in [0.2, 0.25) is 0 Å². The van der Waals surface area contributed by atoms with Crippen LogP contribution in [0.25, 0.3) is 0 Å². The van der Waals surface area contributed by atoms with Crippen molar-refractivity contribution in [3.8, 4) is 11.5 Å². The van der Waals surface area contributed by atoms with E-state index in [1.165, 1.54) is 0 Å². The van der Waals surface area contributed by atoms with E-state index in [0.29, 0.717) is 12.3 Å². The van der Waals surface area contributed by atoms with Crippen LogP contribution in [0.1, 0.15) is 30.4 Å². The van der Waals surface area contributed by atoms with E-state index < -0.39 is 6.10 Å². The molecule has 1 aliphatic heterocycles. The van der Waals surface area contributed by atoms with E-state index in [-0.39, 0.29) is 12.8 Å². The Morgan fingerprint density at radius 3 is 2.90 bits per heavy atom. The minimum Gasteiger partial charge on any atom is -0.468 e. The second-order valence-corrected chi connectivity index (χ2v) is 4.77. The smallest absolute Gasteiger partial charge is 0.231 e. The second kappa shape index (κ2) is 5.56. The first-order valence-electron chi connectivity index (χ1n) is 6.58. The highest BCUT2D eigenvalue weighted by atomic mass is 16.7. The molecule has 3 rings (SSSR count). The summed E-state index contributed by atoms with van der Waals surface area (Å²) in [5.41, 5.74) is 0.799. The topological polar surface area (TPSA) is 63.9 Å². The van der Waals surface area contributed by atoms with Crippen molar-refractivity contribution in [2.24, 2.45) is 0 Å². The molecule has 2 N–H and O–H groups in total. The van der Waals surface area contributed by atoms with E-state index in [1.54, 1.807) is 6.26 Å². The van der Waals surface area contributed by atoms with Gasteiger partial charge in [0.05, 0.1) is 18.4 Å². The molecule has 0 saturated carbocycles. The van der Waals surface area contributed by atoms with E-state index >= 15 is 0 Å². The van der Waals surface area contributed by atoms with Gasteiger partial charge in [-0.15, -0.1) is 0 Å². The van der Waals surface area contributed by atoms with Gasteiger partial charge in [0.15, 0.2) is 11.5 Å². The third-order valence-corrected chi connectivity index (χ3v) is 3.37. The number of aliphatic hydroxyl groups is 1. The number of nitrogens with one attached hydrogen (secondary N) is 1. The fraction of sp³-hybridized carbons (Fsp3) is 0.333. The van der Waals surface area contributed by atoms with Crippen molar-refractivity contribution in [2.75, 3.05) is 13.3 Å². The van der Waals surface area contributed by atoms with E-state index in [1.807, 2.05) is 37.3 Å². The molecule has 106 valence electrons. The molecule has 5 heteroatoms. The Balaban J connectivity index is 1.60. The van der Waals surface area contributed by atoms with Crippen molar-refractivity contribution in [3.63, 3.8) is 0 Å². The van der Waals surface area contributed by atoms with Crippen LogP contribution in [0.5, 0.6) is 11.5 Å². The quantitative estimate of drug-likeness (QED) is 0.877. The van der Waals surface area contributed by atoms with Crippen molar-refractivity contribution in [1.82, 2.24) is 5.32 Å². The summed E-state index contributed by atoms with van der Waals surface area (Å²) in [6, 6.07) is 9.28. The molecule has 5 nitrogen and oxygen atoms in total. The Kier molecular flexibility index (Phi) is 3.62. The number of fused-ring (bicyclic) bond motifs is 1. The van der Waals surface area contributed by atoms with Crippen LogP contribution in [-0.4, -0.2) is 18.4 Å². The van der Waals surface area contributed by atoms with E-state index in [4.69, 9.17) is 13.9 Å². The summed E-state index contributed by atoms with van der Waals surface area (Å²) in [6.45, 7) is 2.66. The first-order valence-corrected chi connectivity index (χ1v) is 6.58. The number of hydrogen-bond donors (Lipinski definition) is 2. The zero-order valence-corrected chi connectivity index (χ0v) is 11.2. The Bertz CT molecular complexity index is 567. The standard InChI is InChI=1S/C15H17NO4/c1-10(13-3-2-6-18-13)16-8-12(17)11-4-5-14-15(7-11)20-9-19-14/h2-7,10,12,16-17H,8-9H2,1H3/t10-,12?/m0/s1. The summed E-state index contributed by atoms with van der Waals surface area (Å²) < 4.78 is 15.9. The summed E-state index contributed by atoms with van der Waals surface area (Å²) in [6.07, 6.45) is 1.03. The summed E-state index contributed by atoms with van der Waals surface area (Å²) in [5, 5.41) is 13.4. The van der Waals surface area contributed by atoms with Gasteiger partial charge in [-0.05, 0) is 36.8 Å². The third-order valence-electron chi connectivity index (χ3n) is 3.37. The molecule has 20 heavy (non-hydrogen) atoms. The lowest BCUT2D eigenvalue weighted by Crippen LogP contribution is -2.24. The summed E-state index contributed by atoms with van der Waals surface area (Å²) in [5.74, 6) is 2.25. The fourth-order valence-corrected chi connectivity index (χ4v) is 2.16. The normalized spacial score (nSPS) is 16.1. The van der Waals surface area contributed by atoms with Crippen LogP contribution in [0.15, 0.2) is 41.0 Å². The molecule has 0 spiro atoms. The highest BCUT2D eigenvalue weighted by molar-refractivity contribution is 5.45. The molecule has 0 aliphatic carbocycles. The van der Waals surface area contributed by atoms with Gasteiger partial charge < -0.3 is 24.3 Å². The molecule has 1 aromatic carbocycles. The molecule has 0 amide bonds. The summed E-state index contributed by atoms with van der Waals surface area (Å²) >= 11 is 0. The van der Waals surface area contributed by atoms with Gasteiger partial charge in [0.2, 0.25) is 6.79 Å². The first-order chi connectivity index (χ1) is 9.74. The minimum atomic E-state index is -0.609.